The first-order chi connectivity index (χ1) is 18.2. The molecule has 38 heavy (non-hydrogen) atoms. The highest BCUT2D eigenvalue weighted by Gasteiger charge is 2.64. The van der Waals surface area contributed by atoms with E-state index >= 15 is 0 Å². The lowest BCUT2D eigenvalue weighted by atomic mass is 9.49. The van der Waals surface area contributed by atoms with E-state index in [1.54, 1.807) is 12.3 Å². The van der Waals surface area contributed by atoms with Gasteiger partial charge in [-0.15, -0.1) is 0 Å². The van der Waals surface area contributed by atoms with Gasteiger partial charge in [0.25, 0.3) is 5.91 Å². The van der Waals surface area contributed by atoms with Crippen LogP contribution >= 0.6 is 0 Å². The molecule has 1 saturated heterocycles. The summed E-state index contributed by atoms with van der Waals surface area (Å²) in [4.78, 5) is 20.0. The largest absolute Gasteiger partial charge is 0.488 e. The standard InChI is InChI=1S/C31H36N4O3/c1-30(2)28(34-27(37)21-7-10-23(11-8-21)35-16-13-20(19-36)14-17-35)31(3,4)29(30)38-25-12-9-22(18-32)26-24(25)6-5-15-33-26/h5-12,15,20,28-29,36H,13-14,16-17,19H2,1-4H3,(H,34,37). The first-order valence-corrected chi connectivity index (χ1v) is 13.4. The molecule has 0 spiro atoms. The van der Waals surface area contributed by atoms with Crippen molar-refractivity contribution in [1.82, 2.24) is 10.3 Å². The molecule has 198 valence electrons. The molecule has 1 saturated carbocycles. The Hall–Kier alpha value is -3.63. The Kier molecular flexibility index (Phi) is 6.79. The fraction of sp³-hybridized carbons (Fsp3) is 0.452. The van der Waals surface area contributed by atoms with E-state index in [-0.39, 0.29) is 35.5 Å². The van der Waals surface area contributed by atoms with Crippen LogP contribution in [0.25, 0.3) is 10.9 Å². The molecule has 0 unspecified atom stereocenters. The van der Waals surface area contributed by atoms with E-state index in [4.69, 9.17) is 4.74 Å². The molecule has 7 heteroatoms. The number of piperidine rings is 1. The molecule has 1 amide bonds. The highest BCUT2D eigenvalue weighted by atomic mass is 16.5. The maximum atomic E-state index is 13.3. The van der Waals surface area contributed by atoms with E-state index in [9.17, 15) is 15.2 Å². The van der Waals surface area contributed by atoms with Gasteiger partial charge in [-0.2, -0.15) is 5.26 Å². The normalized spacial score (nSPS) is 22.4. The van der Waals surface area contributed by atoms with Crippen molar-refractivity contribution in [3.05, 3.63) is 65.9 Å². The maximum Gasteiger partial charge on any atom is 0.251 e. The summed E-state index contributed by atoms with van der Waals surface area (Å²) in [6, 6.07) is 17.3. The number of carbonyl (C=O) groups excluding carboxylic acids is 1. The van der Waals surface area contributed by atoms with E-state index in [1.165, 1.54) is 0 Å². The number of benzene rings is 2. The number of carbonyl (C=O) groups is 1. The zero-order valence-electron chi connectivity index (χ0n) is 22.6. The molecular weight excluding hydrogens is 476 g/mol. The third kappa shape index (κ3) is 4.48. The van der Waals surface area contributed by atoms with Crippen LogP contribution in [0.2, 0.25) is 0 Å². The first-order valence-electron chi connectivity index (χ1n) is 13.4. The summed E-state index contributed by atoms with van der Waals surface area (Å²) in [6.45, 7) is 10.6. The minimum absolute atomic E-state index is 0.0897. The Morgan fingerprint density at radius 2 is 1.79 bits per heavy atom. The van der Waals surface area contributed by atoms with Crippen molar-refractivity contribution in [2.24, 2.45) is 16.7 Å². The van der Waals surface area contributed by atoms with Gasteiger partial charge < -0.3 is 20.1 Å². The second-order valence-electron chi connectivity index (χ2n) is 11.8. The Morgan fingerprint density at radius 3 is 2.42 bits per heavy atom. The van der Waals surface area contributed by atoms with Crippen molar-refractivity contribution < 1.29 is 14.6 Å². The minimum atomic E-state index is -0.321. The van der Waals surface area contributed by atoms with E-state index in [0.717, 1.165) is 37.0 Å². The van der Waals surface area contributed by atoms with E-state index < -0.39 is 0 Å². The molecule has 1 aliphatic carbocycles. The number of rotatable bonds is 6. The number of pyridine rings is 1. The van der Waals surface area contributed by atoms with Crippen molar-refractivity contribution in [3.8, 4) is 11.8 Å². The number of nitrogens with one attached hydrogen (secondary N) is 1. The summed E-state index contributed by atoms with van der Waals surface area (Å²) >= 11 is 0. The topological polar surface area (TPSA) is 98.5 Å². The van der Waals surface area contributed by atoms with E-state index in [2.05, 4.69) is 49.0 Å². The van der Waals surface area contributed by atoms with E-state index in [1.807, 2.05) is 42.5 Å². The van der Waals surface area contributed by atoms with Gasteiger partial charge in [-0.25, -0.2) is 0 Å². The summed E-state index contributed by atoms with van der Waals surface area (Å²) in [5.41, 5.74) is 2.26. The average molecular weight is 513 g/mol. The molecule has 2 heterocycles. The molecular formula is C31H36N4O3. The quantitative estimate of drug-likeness (QED) is 0.486. The van der Waals surface area contributed by atoms with Gasteiger partial charge in [-0.1, -0.05) is 27.7 Å². The lowest BCUT2D eigenvalue weighted by molar-refractivity contribution is -0.163. The highest BCUT2D eigenvalue weighted by molar-refractivity contribution is 5.95. The predicted octanol–water partition coefficient (Wildman–Crippen LogP) is 4.93. The lowest BCUT2D eigenvalue weighted by Crippen LogP contribution is -2.74. The fourth-order valence-corrected chi connectivity index (χ4v) is 6.68. The predicted molar refractivity (Wildman–Crippen MR) is 148 cm³/mol. The Bertz CT molecular complexity index is 1350. The van der Waals surface area contributed by atoms with E-state index in [0.29, 0.717) is 28.3 Å². The van der Waals surface area contributed by atoms with Crippen LogP contribution in [-0.2, 0) is 0 Å². The smallest absolute Gasteiger partial charge is 0.251 e. The summed E-state index contributed by atoms with van der Waals surface area (Å²) in [6.07, 6.45) is 3.51. The van der Waals surface area contributed by atoms with Crippen molar-refractivity contribution in [1.29, 1.82) is 5.26 Å². The number of hydrogen-bond acceptors (Lipinski definition) is 6. The van der Waals surface area contributed by atoms with Gasteiger partial charge in [-0.3, -0.25) is 9.78 Å². The van der Waals surface area contributed by atoms with Crippen LogP contribution in [0.15, 0.2) is 54.7 Å². The number of anilines is 1. The molecule has 1 aliphatic heterocycles. The summed E-state index contributed by atoms with van der Waals surface area (Å²) < 4.78 is 6.59. The van der Waals surface area contributed by atoms with Crippen molar-refractivity contribution in [3.63, 3.8) is 0 Å². The summed E-state index contributed by atoms with van der Waals surface area (Å²) in [5.74, 6) is 1.00. The number of nitriles is 1. The van der Waals surface area contributed by atoms with Gasteiger partial charge in [0.05, 0.1) is 11.1 Å². The molecule has 7 nitrogen and oxygen atoms in total. The zero-order chi connectivity index (χ0) is 27.1. The molecule has 2 aliphatic rings. The highest BCUT2D eigenvalue weighted by Crippen LogP contribution is 2.56. The maximum absolute atomic E-state index is 13.3. The molecule has 2 N–H and O–H groups in total. The third-order valence-electron chi connectivity index (χ3n) is 8.58. The average Bonchev–Trinajstić information content (AvgIpc) is 2.94. The van der Waals surface area contributed by atoms with Crippen molar-refractivity contribution >= 4 is 22.5 Å². The number of fused-ring (bicyclic) bond motifs is 1. The van der Waals surface area contributed by atoms with Gasteiger partial charge in [0, 0.05) is 59.4 Å². The number of aliphatic hydroxyl groups excluding tert-OH is 1. The summed E-state index contributed by atoms with van der Waals surface area (Å²) in [5, 5.41) is 22.9. The van der Waals surface area contributed by atoms with Crippen LogP contribution in [-0.4, -0.2) is 47.8 Å². The second-order valence-corrected chi connectivity index (χ2v) is 11.8. The van der Waals surface area contributed by atoms with Gasteiger partial charge >= 0.3 is 0 Å². The van der Waals surface area contributed by atoms with Crippen LogP contribution in [0, 0.1) is 28.1 Å². The molecule has 0 atom stereocenters. The van der Waals surface area contributed by atoms with Gasteiger partial charge in [0.15, 0.2) is 0 Å². The zero-order valence-corrected chi connectivity index (χ0v) is 22.6. The van der Waals surface area contributed by atoms with Crippen LogP contribution in [0.5, 0.6) is 5.75 Å². The number of ether oxygens (including phenoxy) is 1. The number of aromatic nitrogens is 1. The number of nitrogens with zero attached hydrogens (tertiary/aromatic N) is 3. The fourth-order valence-electron chi connectivity index (χ4n) is 6.68. The number of aliphatic hydroxyl groups is 1. The molecule has 0 bridgehead atoms. The monoisotopic (exact) mass is 512 g/mol. The Labute approximate surface area is 224 Å². The Morgan fingerprint density at radius 1 is 1.11 bits per heavy atom. The van der Waals surface area contributed by atoms with Crippen molar-refractivity contribution in [2.45, 2.75) is 52.7 Å². The van der Waals surface area contributed by atoms with Gasteiger partial charge in [0.2, 0.25) is 0 Å². The molecule has 2 fully saturated rings. The molecule has 0 radical (unpaired) electrons. The van der Waals surface area contributed by atoms with Crippen molar-refractivity contribution in [2.75, 3.05) is 24.6 Å². The molecule has 1 aromatic heterocycles. The minimum Gasteiger partial charge on any atom is -0.488 e. The Balaban J connectivity index is 1.28. The first kappa shape index (κ1) is 26.0. The van der Waals surface area contributed by atoms with Crippen LogP contribution in [0.3, 0.4) is 0 Å². The molecule has 3 aromatic rings. The second kappa shape index (κ2) is 9.92. The lowest BCUT2D eigenvalue weighted by Gasteiger charge is -2.63. The SMILES string of the molecule is CC1(C)C(NC(=O)c2ccc(N3CCC(CO)CC3)cc2)C(C)(C)C1Oc1ccc(C#N)c2ncccc12. The molecule has 2 aromatic carbocycles. The van der Waals surface area contributed by atoms with Crippen LogP contribution in [0.4, 0.5) is 5.69 Å². The van der Waals surface area contributed by atoms with Gasteiger partial charge in [0.1, 0.15) is 17.9 Å². The number of amides is 1. The van der Waals surface area contributed by atoms with Gasteiger partial charge in [-0.05, 0) is 67.3 Å². The molecule has 5 rings (SSSR count). The summed E-state index contributed by atoms with van der Waals surface area (Å²) in [7, 11) is 0. The third-order valence-corrected chi connectivity index (χ3v) is 8.58. The van der Waals surface area contributed by atoms with Crippen LogP contribution < -0.4 is 15.0 Å². The number of hydrogen-bond donors (Lipinski definition) is 2. The van der Waals surface area contributed by atoms with Crippen LogP contribution in [0.1, 0.15) is 56.5 Å².